The fourth-order valence-corrected chi connectivity index (χ4v) is 3.67. The molecule has 0 aromatic carbocycles. The van der Waals surface area contributed by atoms with Crippen molar-refractivity contribution in [2.75, 3.05) is 0 Å². The van der Waals surface area contributed by atoms with Crippen LogP contribution in [0.25, 0.3) is 0 Å². The van der Waals surface area contributed by atoms with Crippen molar-refractivity contribution in [2.24, 2.45) is 10.8 Å². The van der Waals surface area contributed by atoms with E-state index in [9.17, 15) is 4.79 Å². The van der Waals surface area contributed by atoms with Crippen LogP contribution in [0.15, 0.2) is 34.4 Å². The number of halogens is 1. The van der Waals surface area contributed by atoms with E-state index in [2.05, 4.69) is 48.9 Å². The minimum Gasteiger partial charge on any atom is -0.295 e. The quantitative estimate of drug-likeness (QED) is 0.641. The molecule has 0 saturated heterocycles. The van der Waals surface area contributed by atoms with Crippen molar-refractivity contribution in [2.45, 2.75) is 40.0 Å². The predicted octanol–water partition coefficient (Wildman–Crippen LogP) is 4.55. The van der Waals surface area contributed by atoms with E-state index >= 15 is 0 Å². The maximum Gasteiger partial charge on any atom is 0.156 e. The van der Waals surface area contributed by atoms with E-state index in [0.29, 0.717) is 6.42 Å². The van der Waals surface area contributed by atoms with Crippen molar-refractivity contribution in [1.29, 1.82) is 0 Å². The zero-order chi connectivity index (χ0) is 12.7. The molecule has 2 aliphatic rings. The zero-order valence-electron chi connectivity index (χ0n) is 10.7. The van der Waals surface area contributed by atoms with Gasteiger partial charge in [-0.15, -0.1) is 0 Å². The summed E-state index contributed by atoms with van der Waals surface area (Å²) >= 11 is 3.39. The fourth-order valence-electron chi connectivity index (χ4n) is 3.29. The lowest BCUT2D eigenvalue weighted by Crippen LogP contribution is -2.43. The van der Waals surface area contributed by atoms with E-state index in [-0.39, 0.29) is 16.6 Å². The highest BCUT2D eigenvalue weighted by molar-refractivity contribution is 9.11. The van der Waals surface area contributed by atoms with Gasteiger partial charge >= 0.3 is 0 Å². The number of rotatable bonds is 0. The van der Waals surface area contributed by atoms with Crippen LogP contribution in [-0.4, -0.2) is 5.78 Å². The summed E-state index contributed by atoms with van der Waals surface area (Å²) < 4.78 is 0. The predicted molar refractivity (Wildman–Crippen MR) is 75.0 cm³/mol. The van der Waals surface area contributed by atoms with Crippen molar-refractivity contribution in [3.8, 4) is 0 Å². The molecule has 1 atom stereocenters. The van der Waals surface area contributed by atoms with Gasteiger partial charge in [-0.3, -0.25) is 4.79 Å². The van der Waals surface area contributed by atoms with Gasteiger partial charge in [-0.2, -0.15) is 0 Å². The summed E-state index contributed by atoms with van der Waals surface area (Å²) in [5.41, 5.74) is 2.65. The highest BCUT2D eigenvalue weighted by Gasteiger charge is 2.48. The molecule has 0 saturated carbocycles. The molecule has 0 bridgehead atoms. The summed E-state index contributed by atoms with van der Waals surface area (Å²) in [7, 11) is 0. The van der Waals surface area contributed by atoms with E-state index in [1.807, 2.05) is 11.1 Å². The normalized spacial score (nSPS) is 34.2. The molecule has 1 nitrogen and oxygen atoms in total. The number of carbonyl (C=O) groups is 1. The van der Waals surface area contributed by atoms with Gasteiger partial charge in [0.05, 0.1) is 0 Å². The second-order valence-electron chi connectivity index (χ2n) is 5.84. The Bertz CT molecular complexity index is 440. The van der Waals surface area contributed by atoms with Gasteiger partial charge in [-0.05, 0) is 41.8 Å². The highest BCUT2D eigenvalue weighted by Crippen LogP contribution is 2.56. The van der Waals surface area contributed by atoms with Gasteiger partial charge in [0.2, 0.25) is 0 Å². The molecule has 0 radical (unpaired) electrons. The van der Waals surface area contributed by atoms with Crippen molar-refractivity contribution >= 4 is 21.7 Å². The Hall–Kier alpha value is -0.630. The molecule has 0 amide bonds. The number of carbonyl (C=O) groups excluding carboxylic acids is 1. The Labute approximate surface area is 112 Å². The number of hydrogen-bond acceptors (Lipinski definition) is 1. The third-order valence-corrected chi connectivity index (χ3v) is 5.02. The average molecular weight is 295 g/mol. The molecule has 0 aliphatic heterocycles. The van der Waals surface area contributed by atoms with Gasteiger partial charge in [0.25, 0.3) is 0 Å². The van der Waals surface area contributed by atoms with Crippen LogP contribution in [0.5, 0.6) is 0 Å². The van der Waals surface area contributed by atoms with Crippen LogP contribution in [0.1, 0.15) is 40.0 Å². The average Bonchev–Trinajstić information content (AvgIpc) is 2.26. The van der Waals surface area contributed by atoms with Crippen LogP contribution >= 0.6 is 15.9 Å². The summed E-state index contributed by atoms with van der Waals surface area (Å²) in [6.07, 6.45) is 9.18. The van der Waals surface area contributed by atoms with Crippen LogP contribution in [-0.2, 0) is 4.79 Å². The molecule has 0 unspecified atom stereocenters. The standard InChI is InChI=1S/C15H19BrO/c1-11-8-13(17)9-14(2,3)15(11)6-4-12(10-16)5-7-15/h4,6,8,10H,5,7,9H2,1-3H3/b12-10+/t15-/m1/s1. The molecule has 0 fully saturated rings. The summed E-state index contributed by atoms with van der Waals surface area (Å²) in [5, 5.41) is 0. The Morgan fingerprint density at radius 3 is 2.59 bits per heavy atom. The summed E-state index contributed by atoms with van der Waals surface area (Å²) in [4.78, 5) is 13.7. The molecular formula is C15H19BrO. The maximum absolute atomic E-state index is 11.7. The molecule has 0 aromatic rings. The summed E-state index contributed by atoms with van der Waals surface area (Å²) in [5.74, 6) is 0.272. The van der Waals surface area contributed by atoms with E-state index in [0.717, 1.165) is 12.8 Å². The largest absolute Gasteiger partial charge is 0.295 e. The molecule has 17 heavy (non-hydrogen) atoms. The SMILES string of the molecule is CC1=CC(=O)CC(C)(C)[C@@]12C=C/C(=C\Br)CC2. The number of allylic oxidation sites excluding steroid dienone is 5. The van der Waals surface area contributed by atoms with Crippen molar-refractivity contribution < 1.29 is 4.79 Å². The monoisotopic (exact) mass is 294 g/mol. The first kappa shape index (κ1) is 12.8. The van der Waals surface area contributed by atoms with Crippen molar-refractivity contribution in [3.63, 3.8) is 0 Å². The first-order valence-corrected chi connectivity index (χ1v) is 7.03. The maximum atomic E-state index is 11.7. The minimum atomic E-state index is 0.0251. The number of hydrogen-bond donors (Lipinski definition) is 0. The van der Waals surface area contributed by atoms with Crippen molar-refractivity contribution in [1.82, 2.24) is 0 Å². The Morgan fingerprint density at radius 2 is 2.12 bits per heavy atom. The van der Waals surface area contributed by atoms with Crippen LogP contribution < -0.4 is 0 Å². The Kier molecular flexibility index (Phi) is 3.19. The van der Waals surface area contributed by atoms with Crippen LogP contribution in [0.4, 0.5) is 0 Å². The lowest BCUT2D eigenvalue weighted by atomic mass is 9.54. The lowest BCUT2D eigenvalue weighted by Gasteiger charge is -2.50. The first-order valence-electron chi connectivity index (χ1n) is 6.11. The topological polar surface area (TPSA) is 17.1 Å². The van der Waals surface area contributed by atoms with E-state index in [1.165, 1.54) is 11.1 Å². The molecule has 2 rings (SSSR count). The van der Waals surface area contributed by atoms with E-state index < -0.39 is 0 Å². The second kappa shape index (κ2) is 4.24. The lowest BCUT2D eigenvalue weighted by molar-refractivity contribution is -0.118. The summed E-state index contributed by atoms with van der Waals surface area (Å²) in [6.45, 7) is 6.54. The molecule has 2 aliphatic carbocycles. The molecule has 1 spiro atoms. The number of ketones is 1. The third kappa shape index (κ3) is 1.97. The smallest absolute Gasteiger partial charge is 0.156 e. The zero-order valence-corrected chi connectivity index (χ0v) is 12.3. The van der Waals surface area contributed by atoms with Crippen LogP contribution in [0.2, 0.25) is 0 Å². The van der Waals surface area contributed by atoms with Gasteiger partial charge < -0.3 is 0 Å². The van der Waals surface area contributed by atoms with Gasteiger partial charge in [0.1, 0.15) is 0 Å². The van der Waals surface area contributed by atoms with Gasteiger partial charge in [0.15, 0.2) is 5.78 Å². The molecule has 0 N–H and O–H groups in total. The van der Waals surface area contributed by atoms with E-state index in [4.69, 9.17) is 0 Å². The first-order chi connectivity index (χ1) is 7.91. The Morgan fingerprint density at radius 1 is 1.41 bits per heavy atom. The van der Waals surface area contributed by atoms with Gasteiger partial charge in [-0.25, -0.2) is 0 Å². The van der Waals surface area contributed by atoms with Crippen LogP contribution in [0, 0.1) is 10.8 Å². The van der Waals surface area contributed by atoms with Crippen molar-refractivity contribution in [3.05, 3.63) is 34.4 Å². The molecule has 2 heteroatoms. The summed E-state index contributed by atoms with van der Waals surface area (Å²) in [6, 6.07) is 0. The van der Waals surface area contributed by atoms with E-state index in [1.54, 1.807) is 0 Å². The molecular weight excluding hydrogens is 276 g/mol. The molecule has 92 valence electrons. The third-order valence-electron chi connectivity index (χ3n) is 4.44. The Balaban J connectivity index is 2.49. The fraction of sp³-hybridized carbons (Fsp3) is 0.533. The van der Waals surface area contributed by atoms with Gasteiger partial charge in [-0.1, -0.05) is 47.5 Å². The highest BCUT2D eigenvalue weighted by atomic mass is 79.9. The van der Waals surface area contributed by atoms with Gasteiger partial charge in [0, 0.05) is 11.8 Å². The van der Waals surface area contributed by atoms with Crippen LogP contribution in [0.3, 0.4) is 0 Å². The molecule has 0 aromatic heterocycles. The minimum absolute atomic E-state index is 0.0251. The second-order valence-corrected chi connectivity index (χ2v) is 6.30. The molecule has 0 heterocycles.